The maximum atomic E-state index is 11.1. The number of hydrogen-bond donors (Lipinski definition) is 1. The van der Waals surface area contributed by atoms with Crippen LogP contribution in [0.15, 0.2) is 0 Å². The van der Waals surface area contributed by atoms with Crippen LogP contribution in [0, 0.1) is 5.92 Å². The highest BCUT2D eigenvalue weighted by atomic mass is 16.4. The minimum absolute atomic E-state index is 0.248. The van der Waals surface area contributed by atoms with Gasteiger partial charge in [0.05, 0.1) is 5.92 Å². The lowest BCUT2D eigenvalue weighted by molar-refractivity contribution is -0.142. The van der Waals surface area contributed by atoms with Crippen LogP contribution in [0.4, 0.5) is 0 Å². The fourth-order valence-electron chi connectivity index (χ4n) is 3.22. The summed E-state index contributed by atoms with van der Waals surface area (Å²) >= 11 is 0. The van der Waals surface area contributed by atoms with Crippen LogP contribution in [-0.4, -0.2) is 35.1 Å². The lowest BCUT2D eigenvalue weighted by atomic mass is 9.94. The van der Waals surface area contributed by atoms with Gasteiger partial charge in [-0.3, -0.25) is 9.69 Å². The van der Waals surface area contributed by atoms with Crippen LogP contribution in [0.2, 0.25) is 0 Å². The normalized spacial score (nSPS) is 19.6. The fraction of sp³-hybridized carbons (Fsp3) is 0.941. The highest BCUT2D eigenvalue weighted by molar-refractivity contribution is 5.69. The molecule has 1 unspecified atom stereocenters. The number of unbranched alkanes of at least 4 members (excludes halogenated alkanes) is 2. The zero-order valence-corrected chi connectivity index (χ0v) is 13.4. The number of rotatable bonds is 8. The molecule has 3 nitrogen and oxygen atoms in total. The maximum Gasteiger partial charge on any atom is 0.307 e. The molecule has 20 heavy (non-hydrogen) atoms. The average molecular weight is 283 g/mol. The monoisotopic (exact) mass is 283 g/mol. The van der Waals surface area contributed by atoms with Gasteiger partial charge in [-0.1, -0.05) is 58.8 Å². The van der Waals surface area contributed by atoms with E-state index in [1.54, 1.807) is 0 Å². The molecule has 0 bridgehead atoms. The molecule has 0 saturated heterocycles. The first kappa shape index (κ1) is 17.5. The summed E-state index contributed by atoms with van der Waals surface area (Å²) in [5.41, 5.74) is 0. The van der Waals surface area contributed by atoms with Gasteiger partial charge in [0.15, 0.2) is 0 Å². The topological polar surface area (TPSA) is 40.5 Å². The Kier molecular flexibility index (Phi) is 8.92. The molecule has 0 aliphatic heterocycles. The SMILES string of the molecule is CCCCCN(CC(C)C(=O)O)C1CCCCCCC1. The molecule has 1 saturated carbocycles. The van der Waals surface area contributed by atoms with Crippen molar-refractivity contribution >= 4 is 5.97 Å². The molecule has 1 rings (SSSR count). The predicted molar refractivity (Wildman–Crippen MR) is 84.0 cm³/mol. The Morgan fingerprint density at radius 3 is 2.30 bits per heavy atom. The Balaban J connectivity index is 2.55. The van der Waals surface area contributed by atoms with E-state index in [0.29, 0.717) is 6.04 Å². The van der Waals surface area contributed by atoms with E-state index in [-0.39, 0.29) is 5.92 Å². The summed E-state index contributed by atoms with van der Waals surface area (Å²) < 4.78 is 0. The summed E-state index contributed by atoms with van der Waals surface area (Å²) in [7, 11) is 0. The van der Waals surface area contributed by atoms with Crippen molar-refractivity contribution in [1.82, 2.24) is 4.90 Å². The van der Waals surface area contributed by atoms with Gasteiger partial charge in [0.25, 0.3) is 0 Å². The molecule has 118 valence electrons. The third-order valence-electron chi connectivity index (χ3n) is 4.57. The van der Waals surface area contributed by atoms with Gasteiger partial charge in [-0.15, -0.1) is 0 Å². The minimum Gasteiger partial charge on any atom is -0.481 e. The zero-order chi connectivity index (χ0) is 14.8. The first-order valence-electron chi connectivity index (χ1n) is 8.62. The van der Waals surface area contributed by atoms with Crippen LogP contribution in [-0.2, 0) is 4.79 Å². The molecule has 0 aromatic carbocycles. The van der Waals surface area contributed by atoms with Crippen molar-refractivity contribution in [3.8, 4) is 0 Å². The Labute approximate surface area is 124 Å². The van der Waals surface area contributed by atoms with Gasteiger partial charge in [0, 0.05) is 12.6 Å². The quantitative estimate of drug-likeness (QED) is 0.675. The Hall–Kier alpha value is -0.570. The van der Waals surface area contributed by atoms with E-state index < -0.39 is 5.97 Å². The maximum absolute atomic E-state index is 11.1. The predicted octanol–water partition coefficient (Wildman–Crippen LogP) is 4.31. The molecule has 1 aliphatic rings. The van der Waals surface area contributed by atoms with Crippen LogP contribution in [0.1, 0.15) is 78.1 Å². The van der Waals surface area contributed by atoms with E-state index >= 15 is 0 Å². The molecule has 1 N–H and O–H groups in total. The number of aliphatic carboxylic acids is 1. The van der Waals surface area contributed by atoms with Crippen molar-refractivity contribution in [1.29, 1.82) is 0 Å². The fourth-order valence-corrected chi connectivity index (χ4v) is 3.22. The van der Waals surface area contributed by atoms with E-state index in [1.165, 1.54) is 64.2 Å². The molecule has 1 fully saturated rings. The van der Waals surface area contributed by atoms with Gasteiger partial charge in [-0.2, -0.15) is 0 Å². The van der Waals surface area contributed by atoms with E-state index in [2.05, 4.69) is 11.8 Å². The molecule has 0 spiro atoms. The second-order valence-electron chi connectivity index (χ2n) is 6.44. The number of carboxylic acid groups (broad SMARTS) is 1. The molecule has 0 heterocycles. The highest BCUT2D eigenvalue weighted by Gasteiger charge is 2.23. The Bertz CT molecular complexity index is 260. The van der Waals surface area contributed by atoms with Gasteiger partial charge in [-0.25, -0.2) is 0 Å². The van der Waals surface area contributed by atoms with Crippen molar-refractivity contribution < 1.29 is 9.90 Å². The standard InChI is InChI=1S/C17H33NO2/c1-3-4-10-13-18(14-15(2)17(19)20)16-11-8-6-5-7-9-12-16/h15-16H,3-14H2,1-2H3,(H,19,20). The lowest BCUT2D eigenvalue weighted by Gasteiger charge is -2.34. The summed E-state index contributed by atoms with van der Waals surface area (Å²) in [4.78, 5) is 13.6. The Morgan fingerprint density at radius 2 is 1.75 bits per heavy atom. The van der Waals surface area contributed by atoms with Crippen LogP contribution in [0.25, 0.3) is 0 Å². The number of nitrogens with zero attached hydrogens (tertiary/aromatic N) is 1. The van der Waals surface area contributed by atoms with Crippen LogP contribution in [0.5, 0.6) is 0 Å². The van der Waals surface area contributed by atoms with E-state index in [4.69, 9.17) is 0 Å². The van der Waals surface area contributed by atoms with Crippen molar-refractivity contribution in [3.63, 3.8) is 0 Å². The number of carboxylic acids is 1. The van der Waals surface area contributed by atoms with Crippen molar-refractivity contribution in [2.45, 2.75) is 84.1 Å². The average Bonchev–Trinajstić information content (AvgIpc) is 2.37. The zero-order valence-electron chi connectivity index (χ0n) is 13.4. The van der Waals surface area contributed by atoms with Gasteiger partial charge >= 0.3 is 5.97 Å². The second-order valence-corrected chi connectivity index (χ2v) is 6.44. The van der Waals surface area contributed by atoms with Gasteiger partial charge in [0.1, 0.15) is 0 Å². The van der Waals surface area contributed by atoms with Crippen molar-refractivity contribution in [2.75, 3.05) is 13.1 Å². The van der Waals surface area contributed by atoms with Gasteiger partial charge in [0.2, 0.25) is 0 Å². The molecule has 0 radical (unpaired) electrons. The summed E-state index contributed by atoms with van der Waals surface area (Å²) in [6, 6.07) is 0.619. The summed E-state index contributed by atoms with van der Waals surface area (Å²) in [6.07, 6.45) is 12.9. The van der Waals surface area contributed by atoms with E-state index in [9.17, 15) is 9.90 Å². The van der Waals surface area contributed by atoms with E-state index in [0.717, 1.165) is 13.1 Å². The molecule has 0 aromatic rings. The van der Waals surface area contributed by atoms with E-state index in [1.807, 2.05) is 6.92 Å². The molecule has 1 aliphatic carbocycles. The minimum atomic E-state index is -0.656. The Morgan fingerprint density at radius 1 is 1.15 bits per heavy atom. The second kappa shape index (κ2) is 10.2. The molecule has 0 amide bonds. The molecule has 3 heteroatoms. The van der Waals surface area contributed by atoms with Crippen LogP contribution >= 0.6 is 0 Å². The van der Waals surface area contributed by atoms with Crippen molar-refractivity contribution in [2.24, 2.45) is 5.92 Å². The van der Waals surface area contributed by atoms with Gasteiger partial charge in [-0.05, 0) is 25.8 Å². The molecule has 1 atom stereocenters. The van der Waals surface area contributed by atoms with Crippen molar-refractivity contribution in [3.05, 3.63) is 0 Å². The third kappa shape index (κ3) is 6.74. The number of hydrogen-bond acceptors (Lipinski definition) is 2. The molecule has 0 aromatic heterocycles. The van der Waals surface area contributed by atoms with Crippen LogP contribution < -0.4 is 0 Å². The summed E-state index contributed by atoms with van der Waals surface area (Å²) in [6.45, 7) is 5.87. The van der Waals surface area contributed by atoms with Gasteiger partial charge < -0.3 is 5.11 Å². The first-order valence-corrected chi connectivity index (χ1v) is 8.62. The summed E-state index contributed by atoms with van der Waals surface area (Å²) in [5, 5.41) is 9.17. The molecular weight excluding hydrogens is 250 g/mol. The first-order chi connectivity index (χ1) is 9.65. The van der Waals surface area contributed by atoms with Crippen LogP contribution in [0.3, 0.4) is 0 Å². The smallest absolute Gasteiger partial charge is 0.307 e. The third-order valence-corrected chi connectivity index (χ3v) is 4.57. The lowest BCUT2D eigenvalue weighted by Crippen LogP contribution is -2.41. The summed E-state index contributed by atoms with van der Waals surface area (Å²) in [5.74, 6) is -0.904. The number of carbonyl (C=O) groups is 1. The largest absolute Gasteiger partial charge is 0.481 e. The highest BCUT2D eigenvalue weighted by Crippen LogP contribution is 2.23. The molecular formula is C17H33NO2.